The molecule has 0 unspecified atom stereocenters. The summed E-state index contributed by atoms with van der Waals surface area (Å²) in [5.74, 6) is -1.47. The Balaban J connectivity index is 2.33. The van der Waals surface area contributed by atoms with Crippen LogP contribution in [0.15, 0.2) is 35.4 Å². The molecular weight excluding hydrogens is 354 g/mol. The van der Waals surface area contributed by atoms with Gasteiger partial charge in [-0.05, 0) is 24.3 Å². The first kappa shape index (κ1) is 16.7. The number of rotatable bonds is 3. The summed E-state index contributed by atoms with van der Waals surface area (Å²) < 4.78 is 36.6. The van der Waals surface area contributed by atoms with Crippen molar-refractivity contribution in [3.63, 3.8) is 0 Å². The number of benzene rings is 1. The molecule has 0 bridgehead atoms. The number of carbonyl (C=O) groups excluding carboxylic acids is 1. The smallest absolute Gasteiger partial charge is 0.257 e. The van der Waals surface area contributed by atoms with Crippen LogP contribution in [0, 0.1) is 5.82 Å². The zero-order valence-corrected chi connectivity index (χ0v) is 13.4. The molecule has 5 nitrogen and oxygen atoms in total. The summed E-state index contributed by atoms with van der Waals surface area (Å²) in [5, 5.41) is 2.37. The average molecular weight is 363 g/mol. The maximum atomic E-state index is 13.7. The van der Waals surface area contributed by atoms with Crippen LogP contribution in [-0.4, -0.2) is 25.6 Å². The van der Waals surface area contributed by atoms with Gasteiger partial charge >= 0.3 is 0 Å². The summed E-state index contributed by atoms with van der Waals surface area (Å²) in [5.41, 5.74) is -0.211. The molecule has 0 aliphatic rings. The Labute approximate surface area is 136 Å². The predicted molar refractivity (Wildman–Crippen MR) is 81.7 cm³/mol. The summed E-state index contributed by atoms with van der Waals surface area (Å²) in [7, 11) is -3.52. The van der Waals surface area contributed by atoms with Crippen molar-refractivity contribution < 1.29 is 17.6 Å². The Hall–Kier alpha value is -1.70. The van der Waals surface area contributed by atoms with Gasteiger partial charge in [-0.1, -0.05) is 23.2 Å². The van der Waals surface area contributed by atoms with Crippen molar-refractivity contribution in [1.82, 2.24) is 4.98 Å². The Morgan fingerprint density at radius 3 is 2.55 bits per heavy atom. The maximum Gasteiger partial charge on any atom is 0.257 e. The monoisotopic (exact) mass is 362 g/mol. The van der Waals surface area contributed by atoms with E-state index in [1.54, 1.807) is 0 Å². The van der Waals surface area contributed by atoms with E-state index >= 15 is 0 Å². The lowest BCUT2D eigenvalue weighted by molar-refractivity contribution is 0.102. The van der Waals surface area contributed by atoms with Crippen molar-refractivity contribution in [2.75, 3.05) is 11.6 Å². The fraction of sp³-hybridized carbons (Fsp3) is 0.0769. The van der Waals surface area contributed by atoms with E-state index in [9.17, 15) is 17.6 Å². The second-order valence-electron chi connectivity index (χ2n) is 4.36. The van der Waals surface area contributed by atoms with Gasteiger partial charge in [-0.25, -0.2) is 17.8 Å². The highest BCUT2D eigenvalue weighted by atomic mass is 35.5. The van der Waals surface area contributed by atoms with E-state index in [1.807, 2.05) is 0 Å². The Morgan fingerprint density at radius 2 is 1.95 bits per heavy atom. The number of pyridine rings is 1. The summed E-state index contributed by atoms with van der Waals surface area (Å²) in [6, 6.07) is 4.37. The number of nitrogens with one attached hydrogen (secondary N) is 1. The van der Waals surface area contributed by atoms with E-state index in [0.29, 0.717) is 0 Å². The quantitative estimate of drug-likeness (QED) is 0.671. The van der Waals surface area contributed by atoms with Gasteiger partial charge in [0.2, 0.25) is 0 Å². The third-order valence-electron chi connectivity index (χ3n) is 2.67. The van der Waals surface area contributed by atoms with Crippen LogP contribution in [0.3, 0.4) is 0 Å². The molecule has 9 heteroatoms. The Bertz CT molecular complexity index is 856. The van der Waals surface area contributed by atoms with Crippen LogP contribution in [0.4, 0.5) is 10.1 Å². The lowest BCUT2D eigenvalue weighted by Crippen LogP contribution is -2.14. The molecule has 0 fully saturated rings. The van der Waals surface area contributed by atoms with Gasteiger partial charge in [0.15, 0.2) is 9.84 Å². The number of carbonyl (C=O) groups is 1. The van der Waals surface area contributed by atoms with E-state index in [4.69, 9.17) is 23.2 Å². The molecule has 2 rings (SSSR count). The number of anilines is 1. The first-order valence-electron chi connectivity index (χ1n) is 5.80. The standard InChI is InChI=1S/C13H9Cl2FN2O3S/c1-22(20,21)8-2-3-10(16)11(5-8)18-13(19)7-4-9(14)12(15)17-6-7/h2-6H,1H3,(H,18,19). The summed E-state index contributed by atoms with van der Waals surface area (Å²) in [6.07, 6.45) is 2.15. The van der Waals surface area contributed by atoms with Crippen LogP contribution < -0.4 is 5.32 Å². The first-order chi connectivity index (χ1) is 10.2. The first-order valence-corrected chi connectivity index (χ1v) is 8.45. The highest BCUT2D eigenvalue weighted by Gasteiger charge is 2.15. The number of halogens is 3. The van der Waals surface area contributed by atoms with Crippen molar-refractivity contribution in [2.45, 2.75) is 4.90 Å². The SMILES string of the molecule is CS(=O)(=O)c1ccc(F)c(NC(=O)c2cnc(Cl)c(Cl)c2)c1. The lowest BCUT2D eigenvalue weighted by atomic mass is 10.2. The summed E-state index contributed by atoms with van der Waals surface area (Å²) in [4.78, 5) is 15.6. The van der Waals surface area contributed by atoms with Crippen LogP contribution in [0.25, 0.3) is 0 Å². The van der Waals surface area contributed by atoms with Gasteiger partial charge in [0.25, 0.3) is 5.91 Å². The molecule has 116 valence electrons. The molecule has 1 heterocycles. The van der Waals surface area contributed by atoms with Gasteiger partial charge in [-0.3, -0.25) is 4.79 Å². The van der Waals surface area contributed by atoms with E-state index in [2.05, 4.69) is 10.3 Å². The molecule has 0 atom stereocenters. The molecule has 0 saturated heterocycles. The van der Waals surface area contributed by atoms with Crippen LogP contribution in [0.2, 0.25) is 10.2 Å². The van der Waals surface area contributed by atoms with Gasteiger partial charge in [-0.15, -0.1) is 0 Å². The van der Waals surface area contributed by atoms with E-state index in [0.717, 1.165) is 24.5 Å². The molecule has 0 spiro atoms. The van der Waals surface area contributed by atoms with Gasteiger partial charge in [0, 0.05) is 12.5 Å². The molecular formula is C13H9Cl2FN2O3S. The van der Waals surface area contributed by atoms with Gasteiger partial charge < -0.3 is 5.32 Å². The Morgan fingerprint density at radius 1 is 1.27 bits per heavy atom. The number of hydrogen-bond acceptors (Lipinski definition) is 4. The average Bonchev–Trinajstić information content (AvgIpc) is 2.43. The lowest BCUT2D eigenvalue weighted by Gasteiger charge is -2.08. The molecule has 0 radical (unpaired) electrons. The molecule has 22 heavy (non-hydrogen) atoms. The van der Waals surface area contributed by atoms with Crippen LogP contribution in [-0.2, 0) is 9.84 Å². The third-order valence-corrected chi connectivity index (χ3v) is 4.47. The Kier molecular flexibility index (Phi) is 4.69. The fourth-order valence-corrected chi connectivity index (χ4v) is 2.49. The predicted octanol–water partition coefficient (Wildman–Crippen LogP) is 3.18. The third kappa shape index (κ3) is 3.73. The molecule has 0 aliphatic heterocycles. The van der Waals surface area contributed by atoms with Gasteiger partial charge in [0.1, 0.15) is 11.0 Å². The zero-order valence-electron chi connectivity index (χ0n) is 11.1. The molecule has 1 amide bonds. The molecule has 2 aromatic rings. The van der Waals surface area contributed by atoms with E-state index in [1.165, 1.54) is 12.3 Å². The zero-order chi connectivity index (χ0) is 16.5. The van der Waals surface area contributed by atoms with Gasteiger partial charge in [-0.2, -0.15) is 0 Å². The van der Waals surface area contributed by atoms with Crippen molar-refractivity contribution in [3.8, 4) is 0 Å². The summed E-state index contributed by atoms with van der Waals surface area (Å²) >= 11 is 11.4. The van der Waals surface area contributed by atoms with Crippen molar-refractivity contribution in [2.24, 2.45) is 0 Å². The fourth-order valence-electron chi connectivity index (χ4n) is 1.57. The minimum Gasteiger partial charge on any atom is -0.319 e. The van der Waals surface area contributed by atoms with Crippen LogP contribution in [0.1, 0.15) is 10.4 Å². The molecule has 1 aromatic heterocycles. The number of sulfone groups is 1. The van der Waals surface area contributed by atoms with E-state index in [-0.39, 0.29) is 26.3 Å². The molecule has 0 aliphatic carbocycles. The minimum absolute atomic E-state index is 0.0310. The van der Waals surface area contributed by atoms with Crippen molar-refractivity contribution in [3.05, 3.63) is 52.0 Å². The van der Waals surface area contributed by atoms with Crippen LogP contribution in [0.5, 0.6) is 0 Å². The minimum atomic E-state index is -3.52. The molecule has 0 saturated carbocycles. The van der Waals surface area contributed by atoms with Crippen molar-refractivity contribution in [1.29, 1.82) is 0 Å². The molecule has 1 aromatic carbocycles. The topological polar surface area (TPSA) is 76.1 Å². The summed E-state index contributed by atoms with van der Waals surface area (Å²) in [6.45, 7) is 0. The number of amides is 1. The number of hydrogen-bond donors (Lipinski definition) is 1. The normalized spacial score (nSPS) is 11.3. The number of nitrogens with zero attached hydrogens (tertiary/aromatic N) is 1. The molecule has 1 N–H and O–H groups in total. The largest absolute Gasteiger partial charge is 0.319 e. The maximum absolute atomic E-state index is 13.7. The van der Waals surface area contributed by atoms with Gasteiger partial charge in [0.05, 0.1) is 21.2 Å². The second-order valence-corrected chi connectivity index (χ2v) is 7.15. The van der Waals surface area contributed by atoms with Crippen molar-refractivity contribution >= 4 is 44.6 Å². The highest BCUT2D eigenvalue weighted by Crippen LogP contribution is 2.22. The second kappa shape index (κ2) is 6.20. The van der Waals surface area contributed by atoms with E-state index < -0.39 is 21.6 Å². The number of aromatic nitrogens is 1. The van der Waals surface area contributed by atoms with Crippen LogP contribution >= 0.6 is 23.2 Å². The highest BCUT2D eigenvalue weighted by molar-refractivity contribution is 7.90.